The molecule has 5 rings (SSSR count). The molecular weight excluding hydrogens is 583 g/mol. The van der Waals surface area contributed by atoms with Gasteiger partial charge < -0.3 is 20.1 Å². The van der Waals surface area contributed by atoms with Gasteiger partial charge in [0.2, 0.25) is 5.91 Å². The number of benzene rings is 1. The maximum atomic E-state index is 13.4. The molecule has 13 heteroatoms. The fourth-order valence-electron chi connectivity index (χ4n) is 4.54. The van der Waals surface area contributed by atoms with Crippen LogP contribution in [-0.2, 0) is 28.9 Å². The smallest absolute Gasteiger partial charge is 0.341 e. The second-order valence-corrected chi connectivity index (χ2v) is 12.5. The van der Waals surface area contributed by atoms with Gasteiger partial charge in [-0.05, 0) is 62.3 Å². The van der Waals surface area contributed by atoms with Crippen molar-refractivity contribution in [3.63, 3.8) is 0 Å². The van der Waals surface area contributed by atoms with Crippen LogP contribution in [0.1, 0.15) is 56.6 Å². The monoisotopic (exact) mass is 611 g/mol. The van der Waals surface area contributed by atoms with Crippen LogP contribution in [0.15, 0.2) is 46.9 Å². The summed E-state index contributed by atoms with van der Waals surface area (Å²) < 4.78 is 12.7. The van der Waals surface area contributed by atoms with Gasteiger partial charge >= 0.3 is 5.97 Å². The number of rotatable bonds is 11. The normalized spacial score (nSPS) is 13.0. The predicted molar refractivity (Wildman–Crippen MR) is 160 cm³/mol. The lowest BCUT2D eigenvalue weighted by Crippen LogP contribution is -2.25. The molecule has 1 aliphatic rings. The molecule has 1 atom stereocenters. The van der Waals surface area contributed by atoms with Crippen LogP contribution in [0.25, 0.3) is 5.69 Å². The first kappa shape index (κ1) is 28.8. The summed E-state index contributed by atoms with van der Waals surface area (Å²) in [5.74, 6) is 0.171. The summed E-state index contributed by atoms with van der Waals surface area (Å²) in [4.78, 5) is 40.4. The Kier molecular flexibility index (Phi) is 9.06. The average molecular weight is 612 g/mol. The number of carbonyl (C=O) groups is 3. The highest BCUT2D eigenvalue weighted by Crippen LogP contribution is 2.40. The number of methoxy groups -OCH3 is 1. The number of anilines is 1. The van der Waals surface area contributed by atoms with Crippen LogP contribution < -0.4 is 15.4 Å². The van der Waals surface area contributed by atoms with E-state index in [0.29, 0.717) is 37.9 Å². The van der Waals surface area contributed by atoms with Crippen LogP contribution in [0.5, 0.6) is 5.75 Å². The van der Waals surface area contributed by atoms with Crippen molar-refractivity contribution < 1.29 is 23.9 Å². The molecule has 41 heavy (non-hydrogen) atoms. The number of hydrogen-bond donors (Lipinski definition) is 2. The summed E-state index contributed by atoms with van der Waals surface area (Å²) in [6, 6.07) is 11.0. The van der Waals surface area contributed by atoms with E-state index in [-0.39, 0.29) is 25.0 Å². The molecule has 1 aromatic carbocycles. The molecule has 3 heterocycles. The van der Waals surface area contributed by atoms with Crippen molar-refractivity contribution in [2.24, 2.45) is 0 Å². The number of aromatic nitrogens is 3. The first-order valence-electron chi connectivity index (χ1n) is 13.1. The number of thiophene rings is 2. The lowest BCUT2D eigenvalue weighted by atomic mass is 10.1. The Hall–Kier alpha value is -3.68. The summed E-state index contributed by atoms with van der Waals surface area (Å²) in [6.45, 7) is 3.91. The van der Waals surface area contributed by atoms with E-state index in [4.69, 9.17) is 9.47 Å². The van der Waals surface area contributed by atoms with Gasteiger partial charge in [0.05, 0.1) is 41.6 Å². The van der Waals surface area contributed by atoms with E-state index in [1.807, 2.05) is 35.7 Å². The topological polar surface area (TPSA) is 124 Å². The largest absolute Gasteiger partial charge is 0.495 e. The fraction of sp³-hybridized carbons (Fsp3) is 0.321. The van der Waals surface area contributed by atoms with Crippen molar-refractivity contribution in [3.05, 3.63) is 68.5 Å². The molecule has 0 saturated heterocycles. The first-order valence-corrected chi connectivity index (χ1v) is 15.7. The molecule has 4 aromatic rings. The number of amides is 2. The van der Waals surface area contributed by atoms with Crippen molar-refractivity contribution in [3.8, 4) is 11.4 Å². The van der Waals surface area contributed by atoms with E-state index < -0.39 is 11.2 Å². The molecule has 0 aliphatic heterocycles. The highest BCUT2D eigenvalue weighted by molar-refractivity contribution is 8.00. The maximum absolute atomic E-state index is 13.4. The van der Waals surface area contributed by atoms with Gasteiger partial charge in [-0.25, -0.2) is 4.79 Å². The number of aryl methyl sites for hydroxylation is 1. The number of hydrogen-bond acceptors (Lipinski definition) is 10. The number of para-hydroxylation sites is 2. The van der Waals surface area contributed by atoms with Gasteiger partial charge in [0.25, 0.3) is 5.91 Å². The Bertz CT molecular complexity index is 1560. The third-order valence-corrected chi connectivity index (χ3v) is 9.59. The quantitative estimate of drug-likeness (QED) is 0.177. The van der Waals surface area contributed by atoms with Crippen LogP contribution >= 0.6 is 34.4 Å². The second-order valence-electron chi connectivity index (χ2n) is 9.10. The number of carbonyl (C=O) groups excluding carboxylic acids is 3. The van der Waals surface area contributed by atoms with Crippen molar-refractivity contribution in [1.29, 1.82) is 0 Å². The Morgan fingerprint density at radius 1 is 1.15 bits per heavy atom. The number of thioether (sulfide) groups is 1. The third-order valence-electron chi connectivity index (χ3n) is 6.47. The summed E-state index contributed by atoms with van der Waals surface area (Å²) in [7, 11) is 1.57. The van der Waals surface area contributed by atoms with E-state index in [9.17, 15) is 14.4 Å². The number of nitrogens with zero attached hydrogens (tertiary/aromatic N) is 3. The van der Waals surface area contributed by atoms with Crippen molar-refractivity contribution in [2.75, 3.05) is 19.0 Å². The highest BCUT2D eigenvalue weighted by atomic mass is 32.2. The van der Waals surface area contributed by atoms with Gasteiger partial charge in [0.1, 0.15) is 10.8 Å². The van der Waals surface area contributed by atoms with Crippen LogP contribution in [0.2, 0.25) is 0 Å². The van der Waals surface area contributed by atoms with Gasteiger partial charge in [-0.1, -0.05) is 30.0 Å². The minimum Gasteiger partial charge on any atom is -0.495 e. The first-order chi connectivity index (χ1) is 19.9. The molecule has 2 N–H and O–H groups in total. The van der Waals surface area contributed by atoms with Crippen molar-refractivity contribution in [2.45, 2.75) is 50.1 Å². The highest BCUT2D eigenvalue weighted by Gasteiger charge is 2.30. The van der Waals surface area contributed by atoms with Gasteiger partial charge in [-0.2, -0.15) is 0 Å². The molecule has 0 saturated carbocycles. The molecule has 1 aliphatic carbocycles. The van der Waals surface area contributed by atoms with Gasteiger partial charge in [0, 0.05) is 4.88 Å². The van der Waals surface area contributed by atoms with Gasteiger partial charge in [0.15, 0.2) is 11.0 Å². The minimum absolute atomic E-state index is 0.118. The van der Waals surface area contributed by atoms with E-state index >= 15 is 0 Å². The Labute approximate surface area is 249 Å². The molecule has 0 spiro atoms. The lowest BCUT2D eigenvalue weighted by molar-refractivity contribution is -0.115. The van der Waals surface area contributed by atoms with E-state index in [2.05, 4.69) is 20.8 Å². The molecule has 0 fully saturated rings. The average Bonchev–Trinajstić information content (AvgIpc) is 3.77. The number of nitrogens with one attached hydrogen (secondary N) is 2. The maximum Gasteiger partial charge on any atom is 0.341 e. The van der Waals surface area contributed by atoms with E-state index in [1.165, 1.54) is 34.4 Å². The number of ether oxygens (including phenoxy) is 2. The predicted octanol–water partition coefficient (Wildman–Crippen LogP) is 5.11. The van der Waals surface area contributed by atoms with Crippen LogP contribution in [0.4, 0.5) is 5.00 Å². The summed E-state index contributed by atoms with van der Waals surface area (Å²) >= 11 is 4.01. The van der Waals surface area contributed by atoms with Crippen LogP contribution in [0.3, 0.4) is 0 Å². The lowest BCUT2D eigenvalue weighted by Gasteiger charge is -2.16. The molecule has 214 valence electrons. The summed E-state index contributed by atoms with van der Waals surface area (Å²) in [5.41, 5.74) is 2.12. The molecule has 10 nitrogen and oxygen atoms in total. The molecule has 0 bridgehead atoms. The van der Waals surface area contributed by atoms with Crippen molar-refractivity contribution in [1.82, 2.24) is 20.1 Å². The standard InChI is InChI=1S/C28H29N5O5S3/c1-4-38-27(36)23-17-9-7-12-20(17)41-26(23)30-24(34)16(2)40-28-32-31-22(15-29-25(35)21-13-8-14-39-21)33(28)18-10-5-6-11-19(18)37-3/h5-6,8,10-11,13-14,16H,4,7,9,12,15H2,1-3H3,(H,29,35)(H,30,34). The molecule has 0 radical (unpaired) electrons. The van der Waals surface area contributed by atoms with Crippen LogP contribution in [0, 0.1) is 0 Å². The molecule has 3 aromatic heterocycles. The van der Waals surface area contributed by atoms with E-state index in [1.54, 1.807) is 31.6 Å². The van der Waals surface area contributed by atoms with E-state index in [0.717, 1.165) is 29.7 Å². The van der Waals surface area contributed by atoms with Gasteiger partial charge in [-0.15, -0.1) is 32.9 Å². The second kappa shape index (κ2) is 12.9. The molecule has 2 amide bonds. The number of esters is 1. The molecule has 1 unspecified atom stereocenters. The fourth-order valence-corrected chi connectivity index (χ4v) is 7.34. The zero-order valence-corrected chi connectivity index (χ0v) is 25.2. The van der Waals surface area contributed by atoms with Crippen molar-refractivity contribution >= 4 is 57.2 Å². The SMILES string of the molecule is CCOC(=O)c1c(NC(=O)C(C)Sc2nnc(CNC(=O)c3cccs3)n2-c2ccccc2OC)sc2c1CCC2. The summed E-state index contributed by atoms with van der Waals surface area (Å²) in [5, 5.41) is 16.8. The third kappa shape index (κ3) is 6.16. The number of fused-ring (bicyclic) bond motifs is 1. The Morgan fingerprint density at radius 3 is 2.73 bits per heavy atom. The Balaban J connectivity index is 1.38. The zero-order chi connectivity index (χ0) is 28.9. The minimum atomic E-state index is -0.590. The zero-order valence-electron chi connectivity index (χ0n) is 22.8. The van der Waals surface area contributed by atoms with Gasteiger partial charge in [-0.3, -0.25) is 14.2 Å². The molecular formula is C28H29N5O5S3. The summed E-state index contributed by atoms with van der Waals surface area (Å²) in [6.07, 6.45) is 2.68. The van der Waals surface area contributed by atoms with Crippen LogP contribution in [-0.4, -0.2) is 51.5 Å². The Morgan fingerprint density at radius 2 is 1.98 bits per heavy atom.